The van der Waals surface area contributed by atoms with Crippen molar-refractivity contribution in [1.82, 2.24) is 5.01 Å². The molecule has 0 saturated carbocycles. The van der Waals surface area contributed by atoms with Gasteiger partial charge >= 0.3 is 0 Å². The number of nitrogens with zero attached hydrogens (tertiary/aromatic N) is 4. The van der Waals surface area contributed by atoms with Gasteiger partial charge in [-0.25, -0.2) is 0 Å². The van der Waals surface area contributed by atoms with Crippen molar-refractivity contribution in [3.8, 4) is 12.1 Å². The van der Waals surface area contributed by atoms with Gasteiger partial charge in [-0.05, 0) is 6.92 Å². The minimum Gasteiger partial charge on any atom is -0.295 e. The van der Waals surface area contributed by atoms with Crippen molar-refractivity contribution in [3.63, 3.8) is 0 Å². The van der Waals surface area contributed by atoms with E-state index in [0.717, 1.165) is 0 Å². The van der Waals surface area contributed by atoms with Crippen LogP contribution < -0.4 is 0 Å². The molecular formula is C8H12N4. The van der Waals surface area contributed by atoms with Gasteiger partial charge < -0.3 is 0 Å². The Morgan fingerprint density at radius 2 is 1.75 bits per heavy atom. The van der Waals surface area contributed by atoms with Gasteiger partial charge in [0.15, 0.2) is 0 Å². The quantitative estimate of drug-likeness (QED) is 0.452. The molecule has 0 N–H and O–H groups in total. The van der Waals surface area contributed by atoms with Crippen molar-refractivity contribution in [1.29, 1.82) is 10.5 Å². The molecule has 0 aliphatic carbocycles. The van der Waals surface area contributed by atoms with E-state index in [1.807, 2.05) is 19.1 Å². The fourth-order valence-corrected chi connectivity index (χ4v) is 0.749. The number of rotatable bonds is 5. The Balaban J connectivity index is 3.73. The molecule has 0 aromatic rings. The second kappa shape index (κ2) is 7.56. The molecule has 4 heteroatoms. The fraction of sp³-hybridized carbons (Fsp3) is 0.625. The summed E-state index contributed by atoms with van der Waals surface area (Å²) in [5, 5.41) is 22.4. The van der Waals surface area contributed by atoms with Crippen LogP contribution in [0.25, 0.3) is 0 Å². The molecular weight excluding hydrogens is 152 g/mol. The van der Waals surface area contributed by atoms with Gasteiger partial charge in [0.2, 0.25) is 0 Å². The second-order valence-corrected chi connectivity index (χ2v) is 2.14. The van der Waals surface area contributed by atoms with Crippen molar-refractivity contribution in [3.05, 3.63) is 0 Å². The topological polar surface area (TPSA) is 63.2 Å². The monoisotopic (exact) mass is 164 g/mol. The molecule has 0 bridgehead atoms. The Labute approximate surface area is 72.7 Å². The summed E-state index contributed by atoms with van der Waals surface area (Å²) in [6, 6.07) is 4.07. The Morgan fingerprint density at radius 1 is 1.25 bits per heavy atom. The van der Waals surface area contributed by atoms with Crippen molar-refractivity contribution in [2.24, 2.45) is 5.10 Å². The highest BCUT2D eigenvalue weighted by Crippen LogP contribution is 1.93. The fourth-order valence-electron chi connectivity index (χ4n) is 0.749. The first-order valence-corrected chi connectivity index (χ1v) is 3.82. The SMILES string of the molecule is CC=NN(CCC#N)CCC#N. The molecule has 0 rings (SSSR count). The van der Waals surface area contributed by atoms with Gasteiger partial charge in [-0.15, -0.1) is 0 Å². The van der Waals surface area contributed by atoms with Crippen LogP contribution in [0.4, 0.5) is 0 Å². The van der Waals surface area contributed by atoms with Gasteiger partial charge in [0.25, 0.3) is 0 Å². The summed E-state index contributed by atoms with van der Waals surface area (Å²) in [5.41, 5.74) is 0. The maximum atomic E-state index is 8.32. The summed E-state index contributed by atoms with van der Waals surface area (Å²) in [6.45, 7) is 3.01. The summed E-state index contributed by atoms with van der Waals surface area (Å²) in [5.74, 6) is 0. The lowest BCUT2D eigenvalue weighted by atomic mass is 10.4. The van der Waals surface area contributed by atoms with Crippen LogP contribution in [0.1, 0.15) is 19.8 Å². The molecule has 64 valence electrons. The van der Waals surface area contributed by atoms with E-state index in [2.05, 4.69) is 5.10 Å². The maximum absolute atomic E-state index is 8.32. The molecule has 0 radical (unpaired) electrons. The van der Waals surface area contributed by atoms with Crippen LogP contribution in [0, 0.1) is 22.7 Å². The molecule has 0 saturated heterocycles. The maximum Gasteiger partial charge on any atom is 0.0641 e. The van der Waals surface area contributed by atoms with Gasteiger partial charge in [0.05, 0.1) is 25.0 Å². The van der Waals surface area contributed by atoms with E-state index in [4.69, 9.17) is 10.5 Å². The highest BCUT2D eigenvalue weighted by molar-refractivity contribution is 5.52. The Morgan fingerprint density at radius 3 is 2.08 bits per heavy atom. The van der Waals surface area contributed by atoms with E-state index in [1.54, 1.807) is 11.2 Å². The first-order chi connectivity index (χ1) is 5.85. The highest BCUT2D eigenvalue weighted by Gasteiger charge is 1.97. The Bertz CT molecular complexity index is 190. The van der Waals surface area contributed by atoms with Crippen LogP contribution in [0.5, 0.6) is 0 Å². The molecule has 0 aliphatic heterocycles. The summed E-state index contributed by atoms with van der Waals surface area (Å²) in [4.78, 5) is 0. The van der Waals surface area contributed by atoms with Gasteiger partial charge in [0.1, 0.15) is 0 Å². The van der Waals surface area contributed by atoms with Crippen molar-refractivity contribution < 1.29 is 0 Å². The summed E-state index contributed by atoms with van der Waals surface area (Å²) < 4.78 is 0. The Kier molecular flexibility index (Phi) is 6.58. The van der Waals surface area contributed by atoms with Crippen molar-refractivity contribution >= 4 is 6.21 Å². The van der Waals surface area contributed by atoms with Crippen LogP contribution in [0.3, 0.4) is 0 Å². The average Bonchev–Trinajstić information content (AvgIpc) is 2.10. The zero-order valence-electron chi connectivity index (χ0n) is 7.19. The van der Waals surface area contributed by atoms with E-state index in [-0.39, 0.29) is 0 Å². The summed E-state index contributed by atoms with van der Waals surface area (Å²) in [7, 11) is 0. The zero-order chi connectivity index (χ0) is 9.23. The molecule has 0 aromatic carbocycles. The summed E-state index contributed by atoms with van der Waals surface area (Å²) >= 11 is 0. The minimum atomic E-state index is 0.447. The number of hydrogen-bond donors (Lipinski definition) is 0. The van der Waals surface area contributed by atoms with Crippen LogP contribution in [-0.2, 0) is 0 Å². The van der Waals surface area contributed by atoms with Crippen LogP contribution in [0.2, 0.25) is 0 Å². The normalized spacial score (nSPS) is 9.25. The third kappa shape index (κ3) is 5.25. The lowest BCUT2D eigenvalue weighted by Gasteiger charge is -2.14. The average molecular weight is 164 g/mol. The number of hydrazone groups is 1. The molecule has 4 nitrogen and oxygen atoms in total. The highest BCUT2D eigenvalue weighted by atomic mass is 15.4. The van der Waals surface area contributed by atoms with Gasteiger partial charge in [-0.1, -0.05) is 0 Å². The molecule has 0 atom stereocenters. The number of nitriles is 2. The standard InChI is InChI=1S/C8H12N4/c1-2-11-12(7-3-5-9)8-4-6-10/h2H,3-4,7-8H2,1H3. The van der Waals surface area contributed by atoms with E-state index < -0.39 is 0 Å². The van der Waals surface area contributed by atoms with Crippen molar-refractivity contribution in [2.45, 2.75) is 19.8 Å². The van der Waals surface area contributed by atoms with Gasteiger partial charge in [-0.3, -0.25) is 5.01 Å². The zero-order valence-corrected chi connectivity index (χ0v) is 7.19. The van der Waals surface area contributed by atoms with Gasteiger partial charge in [0, 0.05) is 19.3 Å². The lowest BCUT2D eigenvalue weighted by Crippen LogP contribution is -2.19. The minimum absolute atomic E-state index is 0.447. The second-order valence-electron chi connectivity index (χ2n) is 2.14. The predicted octanol–water partition coefficient (Wildman–Crippen LogP) is 1.12. The predicted molar refractivity (Wildman–Crippen MR) is 46.2 cm³/mol. The first-order valence-electron chi connectivity index (χ1n) is 3.82. The smallest absolute Gasteiger partial charge is 0.0641 e. The molecule has 0 amide bonds. The number of hydrogen-bond acceptors (Lipinski definition) is 4. The molecule has 0 heterocycles. The molecule has 0 fully saturated rings. The van der Waals surface area contributed by atoms with Crippen LogP contribution >= 0.6 is 0 Å². The lowest BCUT2D eigenvalue weighted by molar-refractivity contribution is 0.303. The molecule has 0 spiro atoms. The third-order valence-corrected chi connectivity index (χ3v) is 1.24. The molecule has 0 aromatic heterocycles. The van der Waals surface area contributed by atoms with Crippen LogP contribution in [-0.4, -0.2) is 24.3 Å². The molecule has 12 heavy (non-hydrogen) atoms. The van der Waals surface area contributed by atoms with E-state index >= 15 is 0 Å². The molecule has 0 unspecified atom stereocenters. The van der Waals surface area contributed by atoms with E-state index in [1.165, 1.54) is 0 Å². The third-order valence-electron chi connectivity index (χ3n) is 1.24. The van der Waals surface area contributed by atoms with Crippen molar-refractivity contribution in [2.75, 3.05) is 13.1 Å². The van der Waals surface area contributed by atoms with E-state index in [0.29, 0.717) is 25.9 Å². The van der Waals surface area contributed by atoms with E-state index in [9.17, 15) is 0 Å². The van der Waals surface area contributed by atoms with Gasteiger partial charge in [-0.2, -0.15) is 15.6 Å². The Hall–Kier alpha value is -1.55. The largest absolute Gasteiger partial charge is 0.295 e. The van der Waals surface area contributed by atoms with Crippen LogP contribution in [0.15, 0.2) is 5.10 Å². The first kappa shape index (κ1) is 10.4. The molecule has 0 aliphatic rings. The summed E-state index contributed by atoms with van der Waals surface area (Å²) in [6.07, 6.45) is 2.56.